The predicted molar refractivity (Wildman–Crippen MR) is 102 cm³/mol. The van der Waals surface area contributed by atoms with Crippen molar-refractivity contribution < 1.29 is 31.5 Å². The molecule has 0 saturated heterocycles. The molecule has 2 amide bonds. The van der Waals surface area contributed by atoms with Crippen LogP contribution in [0.1, 0.15) is 35.7 Å². The first-order chi connectivity index (χ1) is 14.9. The lowest BCUT2D eigenvalue weighted by Gasteiger charge is -2.24. The fourth-order valence-electron chi connectivity index (χ4n) is 2.81. The Labute approximate surface area is 178 Å². The first kappa shape index (κ1) is 22.9. The Balaban J connectivity index is 1.94. The van der Waals surface area contributed by atoms with Gasteiger partial charge in [0.2, 0.25) is 11.9 Å². The SMILES string of the molecule is CC(C)(c1cccc(C(=O)NC(=O)C(F)(F)F)n1)c1cccc(-c2ccc(F)nc2F)n1. The van der Waals surface area contributed by atoms with Gasteiger partial charge in [-0.1, -0.05) is 12.1 Å². The Hall–Kier alpha value is -3.76. The topological polar surface area (TPSA) is 84.8 Å². The molecule has 0 aromatic carbocycles. The number of pyridine rings is 3. The molecule has 0 aliphatic rings. The van der Waals surface area contributed by atoms with E-state index < -0.39 is 41.0 Å². The monoisotopic (exact) mass is 450 g/mol. The highest BCUT2D eigenvalue weighted by molar-refractivity contribution is 6.05. The summed E-state index contributed by atoms with van der Waals surface area (Å²) < 4.78 is 64.4. The second-order valence-corrected chi connectivity index (χ2v) is 7.19. The number of amides is 2. The maximum Gasteiger partial charge on any atom is 0.471 e. The number of alkyl halides is 3. The molecule has 0 spiro atoms. The summed E-state index contributed by atoms with van der Waals surface area (Å²) in [6.45, 7) is 3.37. The van der Waals surface area contributed by atoms with Crippen LogP contribution < -0.4 is 5.32 Å². The molecule has 0 saturated carbocycles. The van der Waals surface area contributed by atoms with E-state index in [1.165, 1.54) is 29.6 Å². The van der Waals surface area contributed by atoms with E-state index in [2.05, 4.69) is 15.0 Å². The van der Waals surface area contributed by atoms with Crippen LogP contribution in [0.3, 0.4) is 0 Å². The maximum atomic E-state index is 14.1. The van der Waals surface area contributed by atoms with Gasteiger partial charge < -0.3 is 0 Å². The number of halogens is 5. The van der Waals surface area contributed by atoms with Crippen LogP contribution in [0.15, 0.2) is 48.5 Å². The summed E-state index contributed by atoms with van der Waals surface area (Å²) in [4.78, 5) is 34.7. The average Bonchev–Trinajstić information content (AvgIpc) is 2.73. The minimum absolute atomic E-state index is 0.0317. The molecule has 0 unspecified atom stereocenters. The standard InChI is InChI=1S/C21H15F5N4O2/c1-20(2,14-7-3-5-12(27-14)11-9-10-16(22)29-17(11)23)15-8-4-6-13(28-15)18(31)30-19(32)21(24,25)26/h3-10H,1-2H3,(H,30,31,32). The van der Waals surface area contributed by atoms with Crippen molar-refractivity contribution in [2.75, 3.05) is 0 Å². The minimum Gasteiger partial charge on any atom is -0.283 e. The summed E-state index contributed by atoms with van der Waals surface area (Å²) in [5.74, 6) is -5.74. The molecule has 0 atom stereocenters. The first-order valence-electron chi connectivity index (χ1n) is 9.09. The van der Waals surface area contributed by atoms with E-state index in [1.807, 2.05) is 0 Å². The van der Waals surface area contributed by atoms with E-state index in [1.54, 1.807) is 26.0 Å². The number of carbonyl (C=O) groups excluding carboxylic acids is 2. The van der Waals surface area contributed by atoms with Gasteiger partial charge in [-0.25, -0.2) is 4.98 Å². The number of hydrogen-bond acceptors (Lipinski definition) is 5. The Morgan fingerprint density at radius 3 is 2.09 bits per heavy atom. The second kappa shape index (κ2) is 8.40. The molecular weight excluding hydrogens is 435 g/mol. The zero-order chi connectivity index (χ0) is 23.7. The van der Waals surface area contributed by atoms with Crippen LogP contribution in [0.2, 0.25) is 0 Å². The van der Waals surface area contributed by atoms with E-state index in [-0.39, 0.29) is 17.0 Å². The molecule has 3 heterocycles. The Kier molecular flexibility index (Phi) is 6.02. The fraction of sp³-hybridized carbons (Fsp3) is 0.190. The summed E-state index contributed by atoms with van der Waals surface area (Å²) in [5.41, 5.74) is -0.606. The molecule has 3 rings (SSSR count). The van der Waals surface area contributed by atoms with Crippen molar-refractivity contribution in [1.82, 2.24) is 20.3 Å². The van der Waals surface area contributed by atoms with E-state index >= 15 is 0 Å². The zero-order valence-corrected chi connectivity index (χ0v) is 16.7. The summed E-state index contributed by atoms with van der Waals surface area (Å²) in [6.07, 6.45) is -5.22. The van der Waals surface area contributed by atoms with Crippen LogP contribution in [0.25, 0.3) is 11.3 Å². The number of hydrogen-bond donors (Lipinski definition) is 1. The molecule has 0 aliphatic carbocycles. The van der Waals surface area contributed by atoms with Gasteiger partial charge in [0, 0.05) is 5.41 Å². The van der Waals surface area contributed by atoms with E-state index in [9.17, 15) is 31.5 Å². The number of aromatic nitrogens is 3. The molecule has 0 radical (unpaired) electrons. The number of carbonyl (C=O) groups is 2. The lowest BCUT2D eigenvalue weighted by Crippen LogP contribution is -2.41. The van der Waals surface area contributed by atoms with E-state index in [0.717, 1.165) is 12.1 Å². The van der Waals surface area contributed by atoms with E-state index in [4.69, 9.17) is 0 Å². The highest BCUT2D eigenvalue weighted by atomic mass is 19.4. The summed E-state index contributed by atoms with van der Waals surface area (Å²) in [7, 11) is 0. The third kappa shape index (κ3) is 4.76. The quantitative estimate of drug-likeness (QED) is 0.481. The largest absolute Gasteiger partial charge is 0.471 e. The molecule has 0 bridgehead atoms. The van der Waals surface area contributed by atoms with Crippen molar-refractivity contribution in [3.63, 3.8) is 0 Å². The van der Waals surface area contributed by atoms with Gasteiger partial charge in [0.05, 0.1) is 22.6 Å². The van der Waals surface area contributed by atoms with Gasteiger partial charge >= 0.3 is 12.1 Å². The van der Waals surface area contributed by atoms with Gasteiger partial charge in [-0.05, 0) is 50.2 Å². The molecule has 0 fully saturated rings. The Morgan fingerprint density at radius 1 is 0.844 bits per heavy atom. The molecular formula is C21H15F5N4O2. The summed E-state index contributed by atoms with van der Waals surface area (Å²) >= 11 is 0. The number of nitrogens with one attached hydrogen (secondary N) is 1. The third-order valence-corrected chi connectivity index (χ3v) is 4.59. The molecule has 32 heavy (non-hydrogen) atoms. The number of rotatable bonds is 4. The van der Waals surface area contributed by atoms with Crippen molar-refractivity contribution in [3.8, 4) is 11.3 Å². The Morgan fingerprint density at radius 2 is 1.47 bits per heavy atom. The van der Waals surface area contributed by atoms with Crippen molar-refractivity contribution in [2.24, 2.45) is 0 Å². The molecule has 3 aromatic rings. The van der Waals surface area contributed by atoms with Crippen molar-refractivity contribution in [2.45, 2.75) is 25.4 Å². The second-order valence-electron chi connectivity index (χ2n) is 7.19. The van der Waals surface area contributed by atoms with Gasteiger partial charge in [-0.2, -0.15) is 26.9 Å². The molecule has 6 nitrogen and oxygen atoms in total. The highest BCUT2D eigenvalue weighted by Gasteiger charge is 2.40. The van der Waals surface area contributed by atoms with Crippen LogP contribution in [-0.2, 0) is 10.2 Å². The third-order valence-electron chi connectivity index (χ3n) is 4.59. The Bertz CT molecular complexity index is 1190. The highest BCUT2D eigenvalue weighted by Crippen LogP contribution is 2.31. The van der Waals surface area contributed by atoms with Crippen LogP contribution in [0.4, 0.5) is 22.0 Å². The van der Waals surface area contributed by atoms with Crippen LogP contribution in [0, 0.1) is 11.9 Å². The van der Waals surface area contributed by atoms with Gasteiger partial charge in [0.1, 0.15) is 5.69 Å². The first-order valence-corrected chi connectivity index (χ1v) is 9.09. The summed E-state index contributed by atoms with van der Waals surface area (Å²) in [6, 6.07) is 10.9. The fourth-order valence-corrected chi connectivity index (χ4v) is 2.81. The molecule has 166 valence electrons. The molecule has 11 heteroatoms. The minimum atomic E-state index is -5.22. The van der Waals surface area contributed by atoms with Crippen LogP contribution in [0.5, 0.6) is 0 Å². The zero-order valence-electron chi connectivity index (χ0n) is 16.7. The molecule has 3 aromatic heterocycles. The van der Waals surface area contributed by atoms with E-state index in [0.29, 0.717) is 5.69 Å². The van der Waals surface area contributed by atoms with Gasteiger partial charge in [-0.3, -0.25) is 19.9 Å². The molecule has 1 N–H and O–H groups in total. The predicted octanol–water partition coefficient (Wildman–Crippen LogP) is 3.96. The summed E-state index contributed by atoms with van der Waals surface area (Å²) in [5, 5.41) is 1.24. The van der Waals surface area contributed by atoms with Crippen LogP contribution in [-0.4, -0.2) is 32.9 Å². The van der Waals surface area contributed by atoms with Gasteiger partial charge in [0.15, 0.2) is 0 Å². The van der Waals surface area contributed by atoms with Crippen molar-refractivity contribution >= 4 is 11.8 Å². The molecule has 0 aliphatic heterocycles. The van der Waals surface area contributed by atoms with Crippen LogP contribution >= 0.6 is 0 Å². The average molecular weight is 450 g/mol. The van der Waals surface area contributed by atoms with Crippen molar-refractivity contribution in [3.05, 3.63) is 77.5 Å². The van der Waals surface area contributed by atoms with Crippen molar-refractivity contribution in [1.29, 1.82) is 0 Å². The van der Waals surface area contributed by atoms with Gasteiger partial charge in [0.25, 0.3) is 5.91 Å². The van der Waals surface area contributed by atoms with Gasteiger partial charge in [-0.15, -0.1) is 0 Å². The lowest BCUT2D eigenvalue weighted by molar-refractivity contribution is -0.172. The smallest absolute Gasteiger partial charge is 0.283 e. The normalized spacial score (nSPS) is 11.8. The number of imide groups is 1. The lowest BCUT2D eigenvalue weighted by atomic mass is 9.84. The number of nitrogens with zero attached hydrogens (tertiary/aromatic N) is 3. The maximum absolute atomic E-state index is 14.1.